The van der Waals surface area contributed by atoms with Gasteiger partial charge in [-0.3, -0.25) is 0 Å². The van der Waals surface area contributed by atoms with Crippen molar-refractivity contribution in [3.8, 4) is 0 Å². The van der Waals surface area contributed by atoms with E-state index in [4.69, 9.17) is 4.74 Å². The van der Waals surface area contributed by atoms with Gasteiger partial charge in [-0.2, -0.15) is 11.3 Å². The molecule has 0 spiro atoms. The van der Waals surface area contributed by atoms with E-state index in [1.807, 2.05) is 0 Å². The van der Waals surface area contributed by atoms with E-state index in [9.17, 15) is 0 Å². The molecular formula is C13H21NOS. The van der Waals surface area contributed by atoms with Crippen LogP contribution in [0.3, 0.4) is 0 Å². The summed E-state index contributed by atoms with van der Waals surface area (Å²) in [6, 6.07) is 2.84. The first-order valence-electron chi connectivity index (χ1n) is 6.04. The van der Waals surface area contributed by atoms with Gasteiger partial charge in [-0.25, -0.2) is 0 Å². The first kappa shape index (κ1) is 12.1. The van der Waals surface area contributed by atoms with Gasteiger partial charge in [0.25, 0.3) is 0 Å². The molecule has 1 fully saturated rings. The molecule has 2 nitrogen and oxygen atoms in total. The quantitative estimate of drug-likeness (QED) is 0.872. The van der Waals surface area contributed by atoms with Gasteiger partial charge in [-0.05, 0) is 62.0 Å². The highest BCUT2D eigenvalue weighted by atomic mass is 32.1. The van der Waals surface area contributed by atoms with Gasteiger partial charge in [0.15, 0.2) is 0 Å². The van der Waals surface area contributed by atoms with Crippen LogP contribution in [-0.2, 0) is 11.2 Å². The summed E-state index contributed by atoms with van der Waals surface area (Å²) in [5.74, 6) is 0. The fraction of sp³-hybridized carbons (Fsp3) is 0.692. The molecule has 1 saturated heterocycles. The number of hydrogen-bond donors (Lipinski definition) is 1. The Morgan fingerprint density at radius 2 is 2.44 bits per heavy atom. The van der Waals surface area contributed by atoms with Crippen LogP contribution in [-0.4, -0.2) is 24.8 Å². The van der Waals surface area contributed by atoms with Crippen LogP contribution >= 0.6 is 11.3 Å². The van der Waals surface area contributed by atoms with Crippen molar-refractivity contribution >= 4 is 11.3 Å². The lowest BCUT2D eigenvalue weighted by Gasteiger charge is -2.36. The molecule has 3 heteroatoms. The number of thiophene rings is 1. The van der Waals surface area contributed by atoms with Crippen molar-refractivity contribution in [3.05, 3.63) is 22.4 Å². The number of rotatable bonds is 4. The van der Waals surface area contributed by atoms with Crippen molar-refractivity contribution in [1.82, 2.24) is 5.32 Å². The highest BCUT2D eigenvalue weighted by molar-refractivity contribution is 7.07. The number of nitrogens with one attached hydrogen (secondary N) is 1. The van der Waals surface area contributed by atoms with Gasteiger partial charge >= 0.3 is 0 Å². The third kappa shape index (κ3) is 3.58. The summed E-state index contributed by atoms with van der Waals surface area (Å²) in [5.41, 5.74) is 1.50. The molecule has 1 aliphatic rings. The molecule has 2 heterocycles. The minimum Gasteiger partial charge on any atom is -0.375 e. The van der Waals surface area contributed by atoms with E-state index in [2.05, 4.69) is 36.0 Å². The second-order valence-corrected chi connectivity index (χ2v) is 5.91. The number of ether oxygens (including phenoxy) is 1. The molecule has 0 bridgehead atoms. The van der Waals surface area contributed by atoms with E-state index in [0.29, 0.717) is 6.04 Å². The van der Waals surface area contributed by atoms with Crippen molar-refractivity contribution in [1.29, 1.82) is 0 Å². The Hall–Kier alpha value is -0.380. The zero-order chi connectivity index (χ0) is 11.4. The summed E-state index contributed by atoms with van der Waals surface area (Å²) >= 11 is 1.78. The summed E-state index contributed by atoms with van der Waals surface area (Å²) in [6.07, 6.45) is 3.41. The average Bonchev–Trinajstić information content (AvgIpc) is 2.69. The third-order valence-corrected chi connectivity index (χ3v) is 3.86. The lowest BCUT2D eigenvalue weighted by molar-refractivity contribution is -0.0627. The number of hydrogen-bond acceptors (Lipinski definition) is 3. The average molecular weight is 239 g/mol. The highest BCUT2D eigenvalue weighted by Gasteiger charge is 2.28. The SMILES string of the molecule is CC1(C)CC(NCCc2ccsc2)CCO1. The Morgan fingerprint density at radius 3 is 3.12 bits per heavy atom. The lowest BCUT2D eigenvalue weighted by Crippen LogP contribution is -2.44. The molecule has 0 amide bonds. The van der Waals surface area contributed by atoms with Gasteiger partial charge in [0.2, 0.25) is 0 Å². The van der Waals surface area contributed by atoms with Crippen LogP contribution < -0.4 is 5.32 Å². The standard InChI is InChI=1S/C13H21NOS/c1-13(2)9-12(4-7-15-13)14-6-3-11-5-8-16-10-11/h5,8,10,12,14H,3-4,6-7,9H2,1-2H3. The van der Waals surface area contributed by atoms with Crippen LogP contribution in [0.1, 0.15) is 32.3 Å². The molecule has 1 aliphatic heterocycles. The van der Waals surface area contributed by atoms with Crippen molar-refractivity contribution in [2.24, 2.45) is 0 Å². The molecular weight excluding hydrogens is 218 g/mol. The first-order valence-corrected chi connectivity index (χ1v) is 6.98. The van der Waals surface area contributed by atoms with Gasteiger partial charge in [-0.1, -0.05) is 0 Å². The molecule has 0 aliphatic carbocycles. The topological polar surface area (TPSA) is 21.3 Å². The molecule has 1 N–H and O–H groups in total. The van der Waals surface area contributed by atoms with E-state index in [1.165, 1.54) is 5.56 Å². The fourth-order valence-corrected chi connectivity index (χ4v) is 2.96. The molecule has 90 valence electrons. The van der Waals surface area contributed by atoms with E-state index in [-0.39, 0.29) is 5.60 Å². The Bertz CT molecular complexity index is 308. The van der Waals surface area contributed by atoms with Crippen LogP contribution in [0.2, 0.25) is 0 Å². The predicted octanol–water partition coefficient (Wildman–Crippen LogP) is 2.84. The summed E-state index contributed by atoms with van der Waals surface area (Å²) in [6.45, 7) is 6.33. The van der Waals surface area contributed by atoms with Crippen LogP contribution in [0.25, 0.3) is 0 Å². The van der Waals surface area contributed by atoms with Gasteiger partial charge in [0, 0.05) is 12.6 Å². The normalized spacial score (nSPS) is 24.5. The van der Waals surface area contributed by atoms with E-state index < -0.39 is 0 Å². The van der Waals surface area contributed by atoms with Crippen LogP contribution in [0, 0.1) is 0 Å². The minimum atomic E-state index is 0.0539. The Kier molecular flexibility index (Phi) is 4.00. The molecule has 16 heavy (non-hydrogen) atoms. The van der Waals surface area contributed by atoms with Crippen molar-refractivity contribution < 1.29 is 4.74 Å². The molecule has 0 saturated carbocycles. The summed E-state index contributed by atoms with van der Waals surface area (Å²) in [5, 5.41) is 8.02. The molecule has 1 atom stereocenters. The Balaban J connectivity index is 1.70. The van der Waals surface area contributed by atoms with Crippen LogP contribution in [0.4, 0.5) is 0 Å². The molecule has 1 aromatic rings. The maximum atomic E-state index is 5.71. The molecule has 2 rings (SSSR count). The summed E-state index contributed by atoms with van der Waals surface area (Å²) < 4.78 is 5.71. The highest BCUT2D eigenvalue weighted by Crippen LogP contribution is 2.23. The molecule has 1 aromatic heterocycles. The van der Waals surface area contributed by atoms with Gasteiger partial charge in [0.1, 0.15) is 0 Å². The smallest absolute Gasteiger partial charge is 0.0641 e. The predicted molar refractivity (Wildman–Crippen MR) is 69.1 cm³/mol. The van der Waals surface area contributed by atoms with Crippen molar-refractivity contribution in [3.63, 3.8) is 0 Å². The van der Waals surface area contributed by atoms with Crippen molar-refractivity contribution in [2.75, 3.05) is 13.2 Å². The van der Waals surface area contributed by atoms with Crippen LogP contribution in [0.15, 0.2) is 16.8 Å². The Morgan fingerprint density at radius 1 is 1.56 bits per heavy atom. The maximum Gasteiger partial charge on any atom is 0.0641 e. The third-order valence-electron chi connectivity index (χ3n) is 3.12. The van der Waals surface area contributed by atoms with Crippen molar-refractivity contribution in [2.45, 2.75) is 44.8 Å². The summed E-state index contributed by atoms with van der Waals surface area (Å²) in [7, 11) is 0. The lowest BCUT2D eigenvalue weighted by atomic mass is 9.94. The first-order chi connectivity index (χ1) is 7.66. The minimum absolute atomic E-state index is 0.0539. The zero-order valence-corrected chi connectivity index (χ0v) is 11.0. The van der Waals surface area contributed by atoms with Gasteiger partial charge < -0.3 is 10.1 Å². The molecule has 0 radical (unpaired) electrons. The van der Waals surface area contributed by atoms with E-state index in [0.717, 1.165) is 32.4 Å². The van der Waals surface area contributed by atoms with Crippen LogP contribution in [0.5, 0.6) is 0 Å². The second kappa shape index (κ2) is 5.30. The Labute approximate surface area is 102 Å². The van der Waals surface area contributed by atoms with E-state index in [1.54, 1.807) is 11.3 Å². The monoisotopic (exact) mass is 239 g/mol. The van der Waals surface area contributed by atoms with Gasteiger partial charge in [-0.15, -0.1) is 0 Å². The maximum absolute atomic E-state index is 5.71. The van der Waals surface area contributed by atoms with Gasteiger partial charge in [0.05, 0.1) is 5.60 Å². The van der Waals surface area contributed by atoms with E-state index >= 15 is 0 Å². The zero-order valence-electron chi connectivity index (χ0n) is 10.2. The largest absolute Gasteiger partial charge is 0.375 e. The summed E-state index contributed by atoms with van der Waals surface area (Å²) in [4.78, 5) is 0. The molecule has 0 aromatic carbocycles. The fourth-order valence-electron chi connectivity index (χ4n) is 2.26. The second-order valence-electron chi connectivity index (χ2n) is 5.13. The molecule has 1 unspecified atom stereocenters.